The molecule has 3 nitrogen and oxygen atoms in total. The van der Waals surface area contributed by atoms with Crippen molar-refractivity contribution in [3.8, 4) is 0 Å². The SMILES string of the molecule is CC(NCCCCC1CCCCC1)C(=O)O. The van der Waals surface area contributed by atoms with Crippen molar-refractivity contribution in [3.63, 3.8) is 0 Å². The highest BCUT2D eigenvalue weighted by Gasteiger charge is 2.13. The molecule has 1 fully saturated rings. The molecule has 1 rings (SSSR count). The highest BCUT2D eigenvalue weighted by molar-refractivity contribution is 5.72. The number of hydrogen-bond acceptors (Lipinski definition) is 2. The van der Waals surface area contributed by atoms with Gasteiger partial charge >= 0.3 is 5.97 Å². The van der Waals surface area contributed by atoms with Gasteiger partial charge in [-0.05, 0) is 25.8 Å². The van der Waals surface area contributed by atoms with Gasteiger partial charge in [0.05, 0.1) is 0 Å². The van der Waals surface area contributed by atoms with Crippen molar-refractivity contribution in [1.82, 2.24) is 5.32 Å². The molecule has 0 aliphatic heterocycles. The molecule has 94 valence electrons. The second-order valence-electron chi connectivity index (χ2n) is 5.01. The first-order valence-corrected chi connectivity index (χ1v) is 6.66. The molecule has 16 heavy (non-hydrogen) atoms. The van der Waals surface area contributed by atoms with Crippen LogP contribution in [-0.4, -0.2) is 23.7 Å². The minimum absolute atomic E-state index is 0.408. The van der Waals surface area contributed by atoms with Crippen LogP contribution in [0.3, 0.4) is 0 Å². The van der Waals surface area contributed by atoms with E-state index in [1.807, 2.05) is 0 Å². The number of rotatable bonds is 7. The molecular weight excluding hydrogens is 202 g/mol. The molecule has 0 bridgehead atoms. The van der Waals surface area contributed by atoms with E-state index in [-0.39, 0.29) is 0 Å². The summed E-state index contributed by atoms with van der Waals surface area (Å²) < 4.78 is 0. The summed E-state index contributed by atoms with van der Waals surface area (Å²) in [6.45, 7) is 2.53. The maximum atomic E-state index is 10.5. The number of hydrogen-bond donors (Lipinski definition) is 2. The molecule has 0 radical (unpaired) electrons. The first-order chi connectivity index (χ1) is 7.70. The van der Waals surface area contributed by atoms with Gasteiger partial charge in [-0.25, -0.2) is 0 Å². The number of carbonyl (C=O) groups is 1. The Morgan fingerprint density at radius 1 is 1.31 bits per heavy atom. The minimum Gasteiger partial charge on any atom is -0.480 e. The van der Waals surface area contributed by atoms with Crippen LogP contribution in [0.25, 0.3) is 0 Å². The average molecular weight is 227 g/mol. The Morgan fingerprint density at radius 3 is 2.62 bits per heavy atom. The van der Waals surface area contributed by atoms with E-state index in [1.165, 1.54) is 44.9 Å². The number of aliphatic carboxylic acids is 1. The van der Waals surface area contributed by atoms with Crippen LogP contribution < -0.4 is 5.32 Å². The molecule has 0 aromatic carbocycles. The molecule has 1 unspecified atom stereocenters. The predicted octanol–water partition coefficient (Wildman–Crippen LogP) is 2.80. The summed E-state index contributed by atoms with van der Waals surface area (Å²) in [6, 6.07) is -0.408. The molecule has 2 N–H and O–H groups in total. The number of nitrogens with one attached hydrogen (secondary N) is 1. The third-order valence-corrected chi connectivity index (χ3v) is 3.58. The van der Waals surface area contributed by atoms with Crippen LogP contribution in [0, 0.1) is 5.92 Å². The highest BCUT2D eigenvalue weighted by atomic mass is 16.4. The fraction of sp³-hybridized carbons (Fsp3) is 0.923. The first kappa shape index (κ1) is 13.5. The van der Waals surface area contributed by atoms with Crippen LogP contribution in [0.5, 0.6) is 0 Å². The molecule has 0 amide bonds. The molecule has 3 heteroatoms. The molecule has 1 atom stereocenters. The Labute approximate surface area is 98.6 Å². The molecular formula is C13H25NO2. The Morgan fingerprint density at radius 2 is 2.00 bits per heavy atom. The van der Waals surface area contributed by atoms with Crippen LogP contribution in [0.4, 0.5) is 0 Å². The molecule has 0 spiro atoms. The van der Waals surface area contributed by atoms with E-state index in [1.54, 1.807) is 6.92 Å². The lowest BCUT2D eigenvalue weighted by molar-refractivity contribution is -0.138. The summed E-state index contributed by atoms with van der Waals surface area (Å²) in [5.41, 5.74) is 0. The highest BCUT2D eigenvalue weighted by Crippen LogP contribution is 2.27. The van der Waals surface area contributed by atoms with Crippen molar-refractivity contribution >= 4 is 5.97 Å². The van der Waals surface area contributed by atoms with Gasteiger partial charge in [0.25, 0.3) is 0 Å². The van der Waals surface area contributed by atoms with E-state index < -0.39 is 12.0 Å². The Hall–Kier alpha value is -0.570. The fourth-order valence-electron chi connectivity index (χ4n) is 2.44. The maximum Gasteiger partial charge on any atom is 0.320 e. The Bertz CT molecular complexity index is 200. The quantitative estimate of drug-likeness (QED) is 0.657. The van der Waals surface area contributed by atoms with Crippen LogP contribution in [0.1, 0.15) is 58.3 Å². The standard InChI is InChI=1S/C13H25NO2/c1-11(13(15)16)14-10-6-5-9-12-7-3-2-4-8-12/h11-12,14H,2-10H2,1H3,(H,15,16). The maximum absolute atomic E-state index is 10.5. The van der Waals surface area contributed by atoms with Crippen LogP contribution in [0.15, 0.2) is 0 Å². The molecule has 1 saturated carbocycles. The van der Waals surface area contributed by atoms with Crippen LogP contribution in [-0.2, 0) is 4.79 Å². The summed E-state index contributed by atoms with van der Waals surface area (Å²) >= 11 is 0. The first-order valence-electron chi connectivity index (χ1n) is 6.66. The number of unbranched alkanes of at least 4 members (excludes halogenated alkanes) is 1. The minimum atomic E-state index is -0.757. The van der Waals surface area contributed by atoms with E-state index in [9.17, 15) is 4.79 Å². The summed E-state index contributed by atoms with van der Waals surface area (Å²) in [5, 5.41) is 11.7. The smallest absolute Gasteiger partial charge is 0.320 e. The van der Waals surface area contributed by atoms with Gasteiger partial charge in [0, 0.05) is 0 Å². The Balaban J connectivity index is 1.93. The van der Waals surface area contributed by atoms with Gasteiger partial charge in [0.2, 0.25) is 0 Å². The fourth-order valence-corrected chi connectivity index (χ4v) is 2.44. The van der Waals surface area contributed by atoms with E-state index in [2.05, 4.69) is 5.32 Å². The second-order valence-corrected chi connectivity index (χ2v) is 5.01. The molecule has 1 aliphatic carbocycles. The van der Waals surface area contributed by atoms with Gasteiger partial charge in [0.15, 0.2) is 0 Å². The summed E-state index contributed by atoms with van der Waals surface area (Å²) in [5.74, 6) is 0.193. The third kappa shape index (κ3) is 5.50. The number of carboxylic acid groups (broad SMARTS) is 1. The van der Waals surface area contributed by atoms with Gasteiger partial charge in [-0.3, -0.25) is 4.79 Å². The second kappa shape index (κ2) is 7.66. The van der Waals surface area contributed by atoms with Gasteiger partial charge in [-0.2, -0.15) is 0 Å². The predicted molar refractivity (Wildman–Crippen MR) is 65.5 cm³/mol. The largest absolute Gasteiger partial charge is 0.480 e. The number of carboxylic acids is 1. The van der Waals surface area contributed by atoms with Crippen molar-refractivity contribution in [2.24, 2.45) is 5.92 Å². The topological polar surface area (TPSA) is 49.3 Å². The lowest BCUT2D eigenvalue weighted by Crippen LogP contribution is -2.34. The summed E-state index contributed by atoms with van der Waals surface area (Å²) in [7, 11) is 0. The molecule has 0 heterocycles. The monoisotopic (exact) mass is 227 g/mol. The third-order valence-electron chi connectivity index (χ3n) is 3.58. The van der Waals surface area contributed by atoms with Gasteiger partial charge in [-0.15, -0.1) is 0 Å². The van der Waals surface area contributed by atoms with E-state index in [0.29, 0.717) is 0 Å². The van der Waals surface area contributed by atoms with Gasteiger partial charge in [0.1, 0.15) is 6.04 Å². The average Bonchev–Trinajstić information content (AvgIpc) is 2.29. The zero-order valence-corrected chi connectivity index (χ0v) is 10.4. The van der Waals surface area contributed by atoms with Crippen molar-refractivity contribution in [2.75, 3.05) is 6.54 Å². The van der Waals surface area contributed by atoms with Crippen LogP contribution in [0.2, 0.25) is 0 Å². The van der Waals surface area contributed by atoms with E-state index in [4.69, 9.17) is 5.11 Å². The van der Waals surface area contributed by atoms with E-state index >= 15 is 0 Å². The lowest BCUT2D eigenvalue weighted by atomic mass is 9.86. The van der Waals surface area contributed by atoms with Crippen LogP contribution >= 0.6 is 0 Å². The Kier molecular flexibility index (Phi) is 6.46. The van der Waals surface area contributed by atoms with Crippen molar-refractivity contribution in [2.45, 2.75) is 64.3 Å². The zero-order valence-electron chi connectivity index (χ0n) is 10.4. The van der Waals surface area contributed by atoms with Gasteiger partial charge < -0.3 is 10.4 Å². The molecule has 0 saturated heterocycles. The van der Waals surface area contributed by atoms with Crippen molar-refractivity contribution < 1.29 is 9.90 Å². The summed E-state index contributed by atoms with van der Waals surface area (Å²) in [4.78, 5) is 10.5. The molecule has 0 aromatic rings. The van der Waals surface area contributed by atoms with Crippen molar-refractivity contribution in [1.29, 1.82) is 0 Å². The molecule has 1 aliphatic rings. The summed E-state index contributed by atoms with van der Waals surface area (Å²) in [6.07, 6.45) is 10.8. The van der Waals surface area contributed by atoms with Crippen molar-refractivity contribution in [3.05, 3.63) is 0 Å². The van der Waals surface area contributed by atoms with E-state index in [0.717, 1.165) is 18.9 Å². The normalized spacial score (nSPS) is 19.6. The van der Waals surface area contributed by atoms with Gasteiger partial charge in [-0.1, -0.05) is 44.9 Å². The zero-order chi connectivity index (χ0) is 11.8. The molecule has 0 aromatic heterocycles. The lowest BCUT2D eigenvalue weighted by Gasteiger charge is -2.21.